The second kappa shape index (κ2) is 5.54. The van der Waals surface area contributed by atoms with Crippen molar-refractivity contribution in [3.63, 3.8) is 0 Å². The standard InChI is InChI=1S/C10H14N4O6/c11-9-6(14(18)19)4(1-2-12-9)13-10-8(17)7(16)5(3-15)20-10/h1-2,5,7-8,10,15-17H,3H2,(H3,11,12,13). The van der Waals surface area contributed by atoms with Crippen LogP contribution in [0.5, 0.6) is 0 Å². The first-order valence-corrected chi connectivity index (χ1v) is 5.73. The maximum Gasteiger partial charge on any atom is 0.334 e. The molecule has 0 aliphatic carbocycles. The van der Waals surface area contributed by atoms with Crippen LogP contribution >= 0.6 is 0 Å². The van der Waals surface area contributed by atoms with Crippen LogP contribution in [-0.2, 0) is 4.74 Å². The van der Waals surface area contributed by atoms with Gasteiger partial charge in [0.15, 0.2) is 6.23 Å². The third-order valence-corrected chi connectivity index (χ3v) is 2.98. The van der Waals surface area contributed by atoms with Crippen molar-refractivity contribution >= 4 is 17.2 Å². The first-order chi connectivity index (χ1) is 9.45. The zero-order valence-corrected chi connectivity index (χ0v) is 10.2. The van der Waals surface area contributed by atoms with Crippen molar-refractivity contribution in [3.05, 3.63) is 22.4 Å². The molecule has 10 heteroatoms. The Hall–Kier alpha value is -2.01. The largest absolute Gasteiger partial charge is 0.394 e. The monoisotopic (exact) mass is 286 g/mol. The third kappa shape index (κ3) is 2.49. The third-order valence-electron chi connectivity index (χ3n) is 2.98. The summed E-state index contributed by atoms with van der Waals surface area (Å²) in [6.45, 7) is -0.489. The number of nitrogens with one attached hydrogen (secondary N) is 1. The average Bonchev–Trinajstić information content (AvgIpc) is 2.66. The Kier molecular flexibility index (Phi) is 3.99. The van der Waals surface area contributed by atoms with Gasteiger partial charge in [-0.05, 0) is 6.07 Å². The molecular weight excluding hydrogens is 272 g/mol. The minimum absolute atomic E-state index is 0.00246. The van der Waals surface area contributed by atoms with E-state index in [0.717, 1.165) is 0 Å². The quantitative estimate of drug-likeness (QED) is 0.324. The number of rotatable bonds is 4. The van der Waals surface area contributed by atoms with Gasteiger partial charge < -0.3 is 31.1 Å². The fourth-order valence-electron chi connectivity index (χ4n) is 1.95. The normalized spacial score (nSPS) is 29.4. The zero-order valence-electron chi connectivity index (χ0n) is 10.2. The first-order valence-electron chi connectivity index (χ1n) is 5.73. The number of nitrogens with zero attached hydrogens (tertiary/aromatic N) is 2. The van der Waals surface area contributed by atoms with Crippen molar-refractivity contribution in [3.8, 4) is 0 Å². The Morgan fingerprint density at radius 2 is 2.20 bits per heavy atom. The van der Waals surface area contributed by atoms with Gasteiger partial charge >= 0.3 is 5.69 Å². The molecule has 1 aliphatic heterocycles. The number of aliphatic hydroxyl groups excluding tert-OH is 3. The van der Waals surface area contributed by atoms with E-state index in [9.17, 15) is 20.3 Å². The van der Waals surface area contributed by atoms with Crippen LogP contribution in [0.1, 0.15) is 0 Å². The molecule has 2 heterocycles. The lowest BCUT2D eigenvalue weighted by molar-refractivity contribution is -0.383. The fourth-order valence-corrected chi connectivity index (χ4v) is 1.95. The van der Waals surface area contributed by atoms with Crippen molar-refractivity contribution < 1.29 is 25.0 Å². The summed E-state index contributed by atoms with van der Waals surface area (Å²) in [5.74, 6) is -0.285. The maximum atomic E-state index is 10.9. The number of hydrogen-bond donors (Lipinski definition) is 5. The Labute approximate surface area is 113 Å². The average molecular weight is 286 g/mol. The summed E-state index contributed by atoms with van der Waals surface area (Å²) in [6, 6.07) is 1.29. The number of nitrogens with two attached hydrogens (primary N) is 1. The van der Waals surface area contributed by atoms with Crippen LogP contribution < -0.4 is 11.1 Å². The maximum absolute atomic E-state index is 10.9. The van der Waals surface area contributed by atoms with Crippen LogP contribution in [0.3, 0.4) is 0 Å². The second-order valence-corrected chi connectivity index (χ2v) is 4.25. The molecule has 10 nitrogen and oxygen atoms in total. The molecule has 1 aromatic heterocycles. The molecule has 110 valence electrons. The SMILES string of the molecule is Nc1nccc(NC2OC(CO)C(O)C2O)c1[N+](=O)[O-]. The van der Waals surface area contributed by atoms with Crippen LogP contribution in [0, 0.1) is 10.1 Å². The molecule has 0 bridgehead atoms. The van der Waals surface area contributed by atoms with Gasteiger partial charge in [-0.1, -0.05) is 0 Å². The number of anilines is 2. The van der Waals surface area contributed by atoms with Gasteiger partial charge in [-0.15, -0.1) is 0 Å². The summed E-state index contributed by atoms with van der Waals surface area (Å²) in [5, 5.41) is 41.8. The summed E-state index contributed by atoms with van der Waals surface area (Å²) >= 11 is 0. The van der Waals surface area contributed by atoms with Gasteiger partial charge in [-0.2, -0.15) is 0 Å². The van der Waals surface area contributed by atoms with E-state index in [1.54, 1.807) is 0 Å². The van der Waals surface area contributed by atoms with Crippen molar-refractivity contribution in [2.75, 3.05) is 17.7 Å². The molecule has 0 spiro atoms. The van der Waals surface area contributed by atoms with Crippen molar-refractivity contribution in [2.24, 2.45) is 0 Å². The predicted molar refractivity (Wildman–Crippen MR) is 66.7 cm³/mol. The minimum Gasteiger partial charge on any atom is -0.394 e. The van der Waals surface area contributed by atoms with Gasteiger partial charge in [0.1, 0.15) is 24.0 Å². The summed E-state index contributed by atoms with van der Waals surface area (Å²) in [7, 11) is 0. The molecule has 1 aliphatic rings. The summed E-state index contributed by atoms with van der Waals surface area (Å²) in [4.78, 5) is 13.8. The van der Waals surface area contributed by atoms with Crippen LogP contribution in [0.25, 0.3) is 0 Å². The minimum atomic E-state index is -1.35. The molecule has 0 amide bonds. The highest BCUT2D eigenvalue weighted by Crippen LogP contribution is 2.31. The topological polar surface area (TPSA) is 164 Å². The Morgan fingerprint density at radius 1 is 1.50 bits per heavy atom. The van der Waals surface area contributed by atoms with Crippen LogP contribution in [-0.4, -0.2) is 56.4 Å². The number of aliphatic hydroxyl groups is 3. The lowest BCUT2D eigenvalue weighted by Gasteiger charge is -2.17. The van der Waals surface area contributed by atoms with Gasteiger partial charge in [-0.25, -0.2) is 4.98 Å². The van der Waals surface area contributed by atoms with Gasteiger partial charge in [0, 0.05) is 6.20 Å². The van der Waals surface area contributed by atoms with Gasteiger partial charge in [0.2, 0.25) is 5.82 Å². The van der Waals surface area contributed by atoms with Crippen molar-refractivity contribution in [2.45, 2.75) is 24.5 Å². The second-order valence-electron chi connectivity index (χ2n) is 4.25. The van der Waals surface area contributed by atoms with Gasteiger partial charge in [0.25, 0.3) is 0 Å². The van der Waals surface area contributed by atoms with E-state index < -0.39 is 41.8 Å². The summed E-state index contributed by atoms with van der Waals surface area (Å²) in [5.41, 5.74) is 4.97. The number of nitro groups is 1. The Balaban J connectivity index is 2.23. The van der Waals surface area contributed by atoms with E-state index in [2.05, 4.69) is 10.3 Å². The molecule has 4 atom stereocenters. The highest BCUT2D eigenvalue weighted by atomic mass is 16.6. The smallest absolute Gasteiger partial charge is 0.334 e. The van der Waals surface area contributed by atoms with Crippen molar-refractivity contribution in [1.82, 2.24) is 4.98 Å². The van der Waals surface area contributed by atoms with Crippen LogP contribution in [0.15, 0.2) is 12.3 Å². The molecule has 0 aromatic carbocycles. The van der Waals surface area contributed by atoms with E-state index >= 15 is 0 Å². The molecule has 0 saturated carbocycles. The van der Waals surface area contributed by atoms with E-state index in [-0.39, 0.29) is 11.5 Å². The lowest BCUT2D eigenvalue weighted by Crippen LogP contribution is -2.36. The molecule has 2 rings (SSSR count). The molecular formula is C10H14N4O6. The van der Waals surface area contributed by atoms with Crippen LogP contribution in [0.4, 0.5) is 17.2 Å². The highest BCUT2D eigenvalue weighted by Gasteiger charge is 2.43. The summed E-state index contributed by atoms with van der Waals surface area (Å²) in [6.07, 6.45) is -3.47. The Morgan fingerprint density at radius 3 is 2.75 bits per heavy atom. The molecule has 20 heavy (non-hydrogen) atoms. The molecule has 1 saturated heterocycles. The number of hydrogen-bond acceptors (Lipinski definition) is 9. The molecule has 0 radical (unpaired) electrons. The van der Waals surface area contributed by atoms with Gasteiger partial charge in [0.05, 0.1) is 11.5 Å². The van der Waals surface area contributed by atoms with Crippen molar-refractivity contribution in [1.29, 1.82) is 0 Å². The van der Waals surface area contributed by atoms with Gasteiger partial charge in [-0.3, -0.25) is 10.1 Å². The van der Waals surface area contributed by atoms with E-state index in [4.69, 9.17) is 15.6 Å². The first kappa shape index (κ1) is 14.4. The molecule has 6 N–H and O–H groups in total. The highest BCUT2D eigenvalue weighted by molar-refractivity contribution is 5.71. The van der Waals surface area contributed by atoms with E-state index in [1.807, 2.05) is 0 Å². The molecule has 4 unspecified atom stereocenters. The number of pyridine rings is 1. The molecule has 1 fully saturated rings. The summed E-state index contributed by atoms with van der Waals surface area (Å²) < 4.78 is 5.17. The number of aromatic nitrogens is 1. The van der Waals surface area contributed by atoms with Crippen LogP contribution in [0.2, 0.25) is 0 Å². The zero-order chi connectivity index (χ0) is 14.9. The lowest BCUT2D eigenvalue weighted by atomic mass is 10.1. The predicted octanol–water partition coefficient (Wildman–Crippen LogP) is -1.58. The fraction of sp³-hybridized carbons (Fsp3) is 0.500. The van der Waals surface area contributed by atoms with E-state index in [1.165, 1.54) is 12.3 Å². The number of nitrogen functional groups attached to an aromatic ring is 1. The Bertz CT molecular complexity index is 513. The van der Waals surface area contributed by atoms with E-state index in [0.29, 0.717) is 0 Å². The molecule has 1 aromatic rings. The number of ether oxygens (including phenoxy) is 1.